The van der Waals surface area contributed by atoms with E-state index in [2.05, 4.69) is 68.6 Å². The lowest BCUT2D eigenvalue weighted by molar-refractivity contribution is -0.160. The molecule has 0 saturated carbocycles. The summed E-state index contributed by atoms with van der Waals surface area (Å²) < 4.78 is 26.5. The summed E-state index contributed by atoms with van der Waals surface area (Å²) in [4.78, 5) is 17.2. The Kier molecular flexibility index (Phi) is 7.20. The fourth-order valence-corrected chi connectivity index (χ4v) is 7.48. The largest absolute Gasteiger partial charge is 0.491 e. The molecule has 2 aliphatic rings. The predicted octanol–water partition coefficient (Wildman–Crippen LogP) is 7.11. The highest BCUT2D eigenvalue weighted by atomic mass is 79.9. The van der Waals surface area contributed by atoms with E-state index in [1.54, 1.807) is 0 Å². The highest BCUT2D eigenvalue weighted by molar-refractivity contribution is 9.10. The van der Waals surface area contributed by atoms with Crippen LogP contribution in [-0.2, 0) is 19.3 Å². The smallest absolute Gasteiger partial charge is 0.195 e. The number of aromatic amines is 1. The van der Waals surface area contributed by atoms with E-state index in [1.165, 1.54) is 0 Å². The van der Waals surface area contributed by atoms with Crippen LogP contribution in [0.3, 0.4) is 0 Å². The number of H-pyrrole nitrogens is 1. The second kappa shape index (κ2) is 9.84. The number of ether oxygens (including phenoxy) is 3. The van der Waals surface area contributed by atoms with Gasteiger partial charge in [-0.2, -0.15) is 0 Å². The fourth-order valence-electron chi connectivity index (χ4n) is 5.97. The highest BCUT2D eigenvalue weighted by Crippen LogP contribution is 2.45. The first-order chi connectivity index (χ1) is 18.1. The molecule has 0 spiro atoms. The molecule has 0 radical (unpaired) electrons. The topological polar surface area (TPSA) is 69.8 Å². The van der Waals surface area contributed by atoms with Crippen LogP contribution >= 0.6 is 15.9 Å². The third-order valence-electron chi connectivity index (χ3n) is 7.73. The standard InChI is InChI=1S/C31H40BrNO5Si/c1-29(2,3)28(38-39(8)9)26-23(36-31(6,7)37-26)16-35-18-11-13-19-21(15-18)30(4,5)27-24(25(19)34)20-12-10-17(32)14-22(20)33-27/h10-15,23,26,28,33,39H,16H2,1-9H3/t23?,26-,28+/m1/s1. The lowest BCUT2D eigenvalue weighted by atomic mass is 9.71. The van der Waals surface area contributed by atoms with Gasteiger partial charge in [-0.1, -0.05) is 56.6 Å². The fraction of sp³-hybridized carbons (Fsp3) is 0.516. The van der Waals surface area contributed by atoms with Gasteiger partial charge in [0.05, 0.1) is 11.7 Å². The number of hydrogen-bond acceptors (Lipinski definition) is 5. The van der Waals surface area contributed by atoms with Gasteiger partial charge in [-0.3, -0.25) is 4.79 Å². The van der Waals surface area contributed by atoms with E-state index in [0.29, 0.717) is 17.9 Å². The zero-order valence-electron chi connectivity index (χ0n) is 24.4. The first kappa shape index (κ1) is 28.6. The van der Waals surface area contributed by atoms with Crippen molar-refractivity contribution in [2.75, 3.05) is 6.61 Å². The van der Waals surface area contributed by atoms with Gasteiger partial charge in [0.1, 0.15) is 24.6 Å². The van der Waals surface area contributed by atoms with Crippen LogP contribution in [0.25, 0.3) is 10.9 Å². The average Bonchev–Trinajstić information content (AvgIpc) is 3.36. The van der Waals surface area contributed by atoms with Gasteiger partial charge in [-0.05, 0) is 68.3 Å². The maximum Gasteiger partial charge on any atom is 0.195 e. The molecule has 1 N–H and O–H groups in total. The molecule has 3 aromatic rings. The Bertz CT molecular complexity index is 1420. The Morgan fingerprint density at radius 2 is 1.79 bits per heavy atom. The Morgan fingerprint density at radius 1 is 1.08 bits per heavy atom. The van der Waals surface area contributed by atoms with Crippen LogP contribution < -0.4 is 4.74 Å². The quantitative estimate of drug-likeness (QED) is 0.300. The zero-order chi connectivity index (χ0) is 28.5. The highest BCUT2D eigenvalue weighted by Gasteiger charge is 2.49. The van der Waals surface area contributed by atoms with Crippen LogP contribution in [0.4, 0.5) is 0 Å². The summed E-state index contributed by atoms with van der Waals surface area (Å²) in [6.07, 6.45) is -0.653. The van der Waals surface area contributed by atoms with Crippen molar-refractivity contribution in [1.82, 2.24) is 4.98 Å². The van der Waals surface area contributed by atoms with Gasteiger partial charge in [0.15, 0.2) is 20.6 Å². The Morgan fingerprint density at radius 3 is 2.46 bits per heavy atom. The van der Waals surface area contributed by atoms with Crippen LogP contribution in [-0.4, -0.2) is 50.5 Å². The van der Waals surface area contributed by atoms with E-state index in [9.17, 15) is 4.79 Å². The van der Waals surface area contributed by atoms with Gasteiger partial charge in [-0.25, -0.2) is 0 Å². The van der Waals surface area contributed by atoms with E-state index in [-0.39, 0.29) is 29.5 Å². The number of carbonyl (C=O) groups is 1. The number of hydrogen-bond donors (Lipinski definition) is 1. The van der Waals surface area contributed by atoms with Gasteiger partial charge in [0.2, 0.25) is 0 Å². The first-order valence-electron chi connectivity index (χ1n) is 13.7. The van der Waals surface area contributed by atoms with Crippen LogP contribution in [0, 0.1) is 5.41 Å². The predicted molar refractivity (Wildman–Crippen MR) is 161 cm³/mol. The van der Waals surface area contributed by atoms with E-state index in [0.717, 1.165) is 32.2 Å². The van der Waals surface area contributed by atoms with E-state index < -0.39 is 20.2 Å². The molecular formula is C31H40BrNO5Si. The monoisotopic (exact) mass is 613 g/mol. The van der Waals surface area contributed by atoms with Crippen molar-refractivity contribution in [3.05, 3.63) is 63.3 Å². The zero-order valence-corrected chi connectivity index (χ0v) is 27.1. The minimum Gasteiger partial charge on any atom is -0.491 e. The summed E-state index contributed by atoms with van der Waals surface area (Å²) >= 11 is 3.55. The molecule has 0 amide bonds. The molecule has 2 heterocycles. The van der Waals surface area contributed by atoms with Crippen molar-refractivity contribution < 1.29 is 23.4 Å². The van der Waals surface area contributed by atoms with Gasteiger partial charge in [0, 0.05) is 32.0 Å². The summed E-state index contributed by atoms with van der Waals surface area (Å²) in [5.41, 5.74) is 3.78. The number of fused-ring (bicyclic) bond motifs is 4. The molecule has 1 unspecified atom stereocenters. The molecule has 1 aliphatic carbocycles. The van der Waals surface area contributed by atoms with Crippen molar-refractivity contribution in [3.8, 4) is 5.75 Å². The molecule has 2 aromatic carbocycles. The minimum absolute atomic E-state index is 0.0387. The molecule has 5 rings (SSSR count). The number of nitrogens with one attached hydrogen (secondary N) is 1. The second-order valence-corrected chi connectivity index (χ2v) is 16.4. The summed E-state index contributed by atoms with van der Waals surface area (Å²) in [7, 11) is -1.32. The number of carbonyl (C=O) groups excluding carboxylic acids is 1. The van der Waals surface area contributed by atoms with E-state index >= 15 is 0 Å². The molecule has 0 bridgehead atoms. The Balaban J connectivity index is 1.43. The number of benzene rings is 2. The Hall–Kier alpha value is -1.97. The van der Waals surface area contributed by atoms with Crippen molar-refractivity contribution in [2.45, 2.75) is 91.1 Å². The van der Waals surface area contributed by atoms with Crippen LogP contribution in [0.2, 0.25) is 13.1 Å². The van der Waals surface area contributed by atoms with Crippen molar-refractivity contribution in [3.63, 3.8) is 0 Å². The molecule has 6 nitrogen and oxygen atoms in total. The molecule has 1 saturated heterocycles. The molecule has 39 heavy (non-hydrogen) atoms. The van der Waals surface area contributed by atoms with Crippen molar-refractivity contribution in [1.29, 1.82) is 0 Å². The third kappa shape index (κ3) is 5.26. The van der Waals surface area contributed by atoms with Gasteiger partial charge < -0.3 is 23.6 Å². The minimum atomic E-state index is -1.32. The average molecular weight is 615 g/mol. The normalized spacial score (nSPS) is 22.7. The number of halogens is 1. The number of ketones is 1. The third-order valence-corrected chi connectivity index (χ3v) is 9.06. The summed E-state index contributed by atoms with van der Waals surface area (Å²) in [6.45, 7) is 19.4. The molecule has 8 heteroatoms. The second-order valence-electron chi connectivity index (χ2n) is 13.1. The first-order valence-corrected chi connectivity index (χ1v) is 17.3. The lowest BCUT2D eigenvalue weighted by Gasteiger charge is -2.38. The molecule has 210 valence electrons. The number of aromatic nitrogens is 1. The Labute approximate surface area is 241 Å². The summed E-state index contributed by atoms with van der Waals surface area (Å²) in [5.74, 6) is 0.0160. The van der Waals surface area contributed by atoms with Crippen molar-refractivity contribution >= 4 is 41.7 Å². The maximum atomic E-state index is 13.7. The van der Waals surface area contributed by atoms with Gasteiger partial charge in [0.25, 0.3) is 0 Å². The van der Waals surface area contributed by atoms with Crippen LogP contribution in [0.15, 0.2) is 40.9 Å². The summed E-state index contributed by atoms with van der Waals surface area (Å²) in [6, 6.07) is 11.8. The van der Waals surface area contributed by atoms with Gasteiger partial charge >= 0.3 is 0 Å². The van der Waals surface area contributed by atoms with Gasteiger partial charge in [-0.15, -0.1) is 0 Å². The van der Waals surface area contributed by atoms with Crippen LogP contribution in [0.1, 0.15) is 75.6 Å². The molecular weight excluding hydrogens is 574 g/mol. The SMILES string of the molecule is C[SiH](C)O[C@@H]([C@@H]1OC(C)(C)OC1COc1ccc2c(c1)C(C)(C)c1[nH]c3cc(Br)ccc3c1C2=O)C(C)(C)C. The van der Waals surface area contributed by atoms with Crippen LogP contribution in [0.5, 0.6) is 5.75 Å². The van der Waals surface area contributed by atoms with E-state index in [4.69, 9.17) is 18.6 Å². The van der Waals surface area contributed by atoms with E-state index in [1.807, 2.05) is 50.2 Å². The molecule has 1 fully saturated rings. The molecule has 3 atom stereocenters. The lowest BCUT2D eigenvalue weighted by Crippen LogP contribution is -2.48. The number of rotatable bonds is 6. The summed E-state index contributed by atoms with van der Waals surface area (Å²) in [5, 5.41) is 0.948. The molecule has 1 aromatic heterocycles. The van der Waals surface area contributed by atoms with Crippen molar-refractivity contribution in [2.24, 2.45) is 5.41 Å². The maximum absolute atomic E-state index is 13.7. The molecule has 1 aliphatic heterocycles.